The van der Waals surface area contributed by atoms with Gasteiger partial charge in [-0.25, -0.2) is 0 Å². The highest BCUT2D eigenvalue weighted by Gasteiger charge is 2.23. The molecule has 0 spiro atoms. The topological polar surface area (TPSA) is 34.0 Å². The van der Waals surface area contributed by atoms with Crippen LogP contribution in [-0.2, 0) is 12.8 Å². The number of aromatic nitrogens is 1. The van der Waals surface area contributed by atoms with Gasteiger partial charge in [-0.2, -0.15) is 0 Å². The van der Waals surface area contributed by atoms with Crippen molar-refractivity contribution >= 4 is 5.91 Å². The largest absolute Gasteiger partial charge is 0.352 e. The molecule has 5 rings (SSSR count). The van der Waals surface area contributed by atoms with Crippen molar-refractivity contribution < 1.29 is 4.79 Å². The lowest BCUT2D eigenvalue weighted by Crippen LogP contribution is -2.24. The van der Waals surface area contributed by atoms with Crippen molar-refractivity contribution in [2.75, 3.05) is 6.54 Å². The highest BCUT2D eigenvalue weighted by atomic mass is 16.1. The van der Waals surface area contributed by atoms with Gasteiger partial charge in [-0.3, -0.25) is 4.79 Å². The van der Waals surface area contributed by atoms with E-state index in [0.717, 1.165) is 36.4 Å². The number of amides is 1. The van der Waals surface area contributed by atoms with Gasteiger partial charge in [-0.15, -0.1) is 0 Å². The average Bonchev–Trinajstić information content (AvgIpc) is 3.24. The van der Waals surface area contributed by atoms with Crippen LogP contribution in [0.25, 0.3) is 16.9 Å². The number of fused-ring (bicyclic) bond motifs is 1. The smallest absolute Gasteiger partial charge is 0.251 e. The minimum absolute atomic E-state index is 0.0182. The summed E-state index contributed by atoms with van der Waals surface area (Å²) >= 11 is 0. The molecule has 3 aromatic rings. The first-order chi connectivity index (χ1) is 16.2. The van der Waals surface area contributed by atoms with Crippen LogP contribution in [0.15, 0.2) is 72.3 Å². The maximum absolute atomic E-state index is 12.7. The second-order valence-electron chi connectivity index (χ2n) is 9.71. The number of nitrogens with zero attached hydrogens (tertiary/aromatic N) is 1. The van der Waals surface area contributed by atoms with Crippen molar-refractivity contribution in [2.45, 2.75) is 58.3 Å². The van der Waals surface area contributed by atoms with E-state index in [0.29, 0.717) is 6.54 Å². The molecule has 0 saturated heterocycles. The highest BCUT2D eigenvalue weighted by molar-refractivity contribution is 5.94. The van der Waals surface area contributed by atoms with Gasteiger partial charge >= 0.3 is 0 Å². The Bertz CT molecular complexity index is 1140. The summed E-state index contributed by atoms with van der Waals surface area (Å²) in [7, 11) is 0. The Morgan fingerprint density at radius 2 is 1.85 bits per heavy atom. The lowest BCUT2D eigenvalue weighted by molar-refractivity contribution is 0.0954. The molecule has 1 atom stereocenters. The highest BCUT2D eigenvalue weighted by Crippen LogP contribution is 2.35. The van der Waals surface area contributed by atoms with Crippen molar-refractivity contribution in [3.63, 3.8) is 0 Å². The molecular formula is C30H34N2O. The van der Waals surface area contributed by atoms with Gasteiger partial charge in [-0.05, 0) is 98.7 Å². The molecule has 1 heterocycles. The molecule has 1 N–H and O–H groups in total. The summed E-state index contributed by atoms with van der Waals surface area (Å²) in [4.78, 5) is 12.7. The first kappa shape index (κ1) is 21.8. The van der Waals surface area contributed by atoms with Gasteiger partial charge in [0.05, 0.1) is 5.69 Å². The molecule has 2 aliphatic rings. The van der Waals surface area contributed by atoms with Gasteiger partial charge in [0.25, 0.3) is 5.91 Å². The third-order valence-electron chi connectivity index (χ3n) is 7.21. The maximum Gasteiger partial charge on any atom is 0.251 e. The molecule has 2 aliphatic carbocycles. The Balaban J connectivity index is 1.36. The van der Waals surface area contributed by atoms with Gasteiger partial charge in [-0.1, -0.05) is 48.9 Å². The van der Waals surface area contributed by atoms with Crippen LogP contribution in [0.5, 0.6) is 0 Å². The lowest BCUT2D eigenvalue weighted by Gasteiger charge is -2.21. The monoisotopic (exact) mass is 438 g/mol. The number of rotatable bonds is 6. The molecule has 170 valence electrons. The Hall–Kier alpha value is -3.07. The average molecular weight is 439 g/mol. The lowest BCUT2D eigenvalue weighted by atomic mass is 9.89. The number of carbonyl (C=O) groups is 1. The number of allylic oxidation sites excluding steroid dienone is 1. The summed E-state index contributed by atoms with van der Waals surface area (Å²) in [5.74, 6) is 0.747. The van der Waals surface area contributed by atoms with Crippen LogP contribution in [0, 0.1) is 5.92 Å². The fraction of sp³-hybridized carbons (Fsp3) is 0.367. The molecule has 0 fully saturated rings. The standard InChI is InChI=1S/C30H34N2O/c1-22-12-17-28-26(20-22)21-29(24-10-6-3-7-11-24)32(28)27-15-13-25(14-16-27)30(33)31-19-18-23-8-4-2-5-9-23/h3,6-8,10-11,13-16,21-22H,2,4-5,9,12,17-20H2,1H3,(H,31,33)/t22-/m1/s1. The summed E-state index contributed by atoms with van der Waals surface area (Å²) in [5, 5.41) is 3.11. The summed E-state index contributed by atoms with van der Waals surface area (Å²) < 4.78 is 2.41. The van der Waals surface area contributed by atoms with E-state index in [1.54, 1.807) is 0 Å². The molecule has 0 saturated carbocycles. The molecule has 0 radical (unpaired) electrons. The molecule has 2 aromatic carbocycles. The molecule has 0 aliphatic heterocycles. The van der Waals surface area contributed by atoms with Crippen molar-refractivity contribution in [2.24, 2.45) is 5.92 Å². The van der Waals surface area contributed by atoms with Crippen LogP contribution in [0.1, 0.15) is 67.1 Å². The zero-order valence-corrected chi connectivity index (χ0v) is 19.6. The van der Waals surface area contributed by atoms with Crippen LogP contribution >= 0.6 is 0 Å². The van der Waals surface area contributed by atoms with Crippen LogP contribution in [0.2, 0.25) is 0 Å². The van der Waals surface area contributed by atoms with E-state index in [4.69, 9.17) is 0 Å². The second kappa shape index (κ2) is 9.82. The molecule has 1 aromatic heterocycles. The van der Waals surface area contributed by atoms with Crippen molar-refractivity contribution in [1.82, 2.24) is 9.88 Å². The van der Waals surface area contributed by atoms with Crippen LogP contribution in [0.3, 0.4) is 0 Å². The van der Waals surface area contributed by atoms with Crippen LogP contribution in [-0.4, -0.2) is 17.0 Å². The molecule has 0 bridgehead atoms. The van der Waals surface area contributed by atoms with E-state index < -0.39 is 0 Å². The Morgan fingerprint density at radius 1 is 1.03 bits per heavy atom. The predicted molar refractivity (Wildman–Crippen MR) is 136 cm³/mol. The molecule has 33 heavy (non-hydrogen) atoms. The Labute approximate surface area is 197 Å². The van der Waals surface area contributed by atoms with E-state index in [-0.39, 0.29) is 5.91 Å². The first-order valence-electron chi connectivity index (χ1n) is 12.5. The van der Waals surface area contributed by atoms with Gasteiger partial charge in [0, 0.05) is 23.5 Å². The number of benzene rings is 2. The molecular weight excluding hydrogens is 404 g/mol. The van der Waals surface area contributed by atoms with Gasteiger partial charge in [0.1, 0.15) is 0 Å². The summed E-state index contributed by atoms with van der Waals surface area (Å²) in [5.41, 5.74) is 8.72. The zero-order valence-electron chi connectivity index (χ0n) is 19.6. The zero-order chi connectivity index (χ0) is 22.6. The van der Waals surface area contributed by atoms with E-state index in [9.17, 15) is 4.79 Å². The SMILES string of the molecule is C[C@@H]1CCc2c(cc(-c3ccccc3)n2-c2ccc(C(=O)NCCC3=CCCCC3)cc2)C1. The Kier molecular flexibility index (Phi) is 6.48. The maximum atomic E-state index is 12.7. The minimum Gasteiger partial charge on any atom is -0.352 e. The first-order valence-corrected chi connectivity index (χ1v) is 12.5. The fourth-order valence-corrected chi connectivity index (χ4v) is 5.36. The summed E-state index contributed by atoms with van der Waals surface area (Å²) in [6, 6.07) is 21.2. The van der Waals surface area contributed by atoms with Crippen molar-refractivity contribution in [3.05, 3.63) is 89.1 Å². The number of hydrogen-bond acceptors (Lipinski definition) is 1. The van der Waals surface area contributed by atoms with E-state index in [2.05, 4.69) is 71.4 Å². The third-order valence-corrected chi connectivity index (χ3v) is 7.21. The van der Waals surface area contributed by atoms with E-state index in [1.165, 1.54) is 60.2 Å². The quantitative estimate of drug-likeness (QED) is 0.418. The minimum atomic E-state index is 0.0182. The van der Waals surface area contributed by atoms with Gasteiger partial charge in [0.15, 0.2) is 0 Å². The number of carbonyl (C=O) groups excluding carboxylic acids is 1. The third kappa shape index (κ3) is 4.83. The summed E-state index contributed by atoms with van der Waals surface area (Å²) in [6.07, 6.45) is 11.8. The number of hydrogen-bond donors (Lipinski definition) is 1. The molecule has 3 nitrogen and oxygen atoms in total. The molecule has 0 unspecified atom stereocenters. The van der Waals surface area contributed by atoms with Gasteiger partial charge in [0.2, 0.25) is 0 Å². The van der Waals surface area contributed by atoms with E-state index in [1.807, 2.05) is 12.1 Å². The van der Waals surface area contributed by atoms with Crippen molar-refractivity contribution in [1.29, 1.82) is 0 Å². The second-order valence-corrected chi connectivity index (χ2v) is 9.71. The fourth-order valence-electron chi connectivity index (χ4n) is 5.36. The number of nitrogens with one attached hydrogen (secondary N) is 1. The van der Waals surface area contributed by atoms with Crippen molar-refractivity contribution in [3.8, 4) is 16.9 Å². The normalized spacial score (nSPS) is 17.8. The molecule has 1 amide bonds. The Morgan fingerprint density at radius 3 is 2.61 bits per heavy atom. The predicted octanol–water partition coefficient (Wildman–Crippen LogP) is 6.89. The van der Waals surface area contributed by atoms with E-state index >= 15 is 0 Å². The van der Waals surface area contributed by atoms with Crippen LogP contribution in [0.4, 0.5) is 0 Å². The van der Waals surface area contributed by atoms with Crippen LogP contribution < -0.4 is 5.32 Å². The molecule has 3 heteroatoms. The summed E-state index contributed by atoms with van der Waals surface area (Å²) in [6.45, 7) is 3.06. The van der Waals surface area contributed by atoms with Gasteiger partial charge < -0.3 is 9.88 Å².